The largest absolute Gasteiger partial charge is 0.264 e. The van der Waals surface area contributed by atoms with Gasteiger partial charge in [0.1, 0.15) is 0 Å². The van der Waals surface area contributed by atoms with Crippen molar-refractivity contribution in [3.8, 4) is 0 Å². The summed E-state index contributed by atoms with van der Waals surface area (Å²) < 4.78 is 0. The van der Waals surface area contributed by atoms with Crippen LogP contribution in [0.2, 0.25) is 0 Å². The number of anilines is 2. The molecule has 0 aliphatic carbocycles. The average molecular weight is 225 g/mol. The fourth-order valence-corrected chi connectivity index (χ4v) is 1.55. The van der Waals surface area contributed by atoms with Gasteiger partial charge in [-0.15, -0.1) is 6.58 Å². The minimum Gasteiger partial charge on any atom is -0.264 e. The molecule has 0 unspecified atom stereocenters. The minimum absolute atomic E-state index is 0.476. The summed E-state index contributed by atoms with van der Waals surface area (Å²) in [6.45, 7) is 4.14. The monoisotopic (exact) mass is 225 g/mol. The predicted molar refractivity (Wildman–Crippen MR) is 71.2 cm³/mol. The van der Waals surface area contributed by atoms with Crippen molar-refractivity contribution in [1.82, 2.24) is 0 Å². The highest BCUT2D eigenvalue weighted by atomic mass is 16.7. The molecule has 0 amide bonds. The molecule has 2 nitrogen and oxygen atoms in total. The summed E-state index contributed by atoms with van der Waals surface area (Å²) in [5.41, 5.74) is 2.00. The van der Waals surface area contributed by atoms with E-state index in [-0.39, 0.29) is 0 Å². The predicted octanol–water partition coefficient (Wildman–Crippen LogP) is 3.94. The first-order chi connectivity index (χ1) is 8.42. The molecule has 0 heterocycles. The summed E-state index contributed by atoms with van der Waals surface area (Å²) in [6.07, 6.45) is 1.74. The van der Waals surface area contributed by atoms with Crippen LogP contribution in [0.25, 0.3) is 0 Å². The van der Waals surface area contributed by atoms with Crippen molar-refractivity contribution in [2.45, 2.75) is 0 Å². The van der Waals surface area contributed by atoms with Crippen LogP contribution in [0.5, 0.6) is 0 Å². The van der Waals surface area contributed by atoms with Gasteiger partial charge in [0.2, 0.25) is 0 Å². The molecule has 0 bridgehead atoms. The maximum Gasteiger partial charge on any atom is 0.0932 e. The van der Waals surface area contributed by atoms with Crippen molar-refractivity contribution in [2.75, 3.05) is 11.7 Å². The van der Waals surface area contributed by atoms with E-state index in [2.05, 4.69) is 6.58 Å². The fraction of sp³-hybridized carbons (Fsp3) is 0.0667. The fourth-order valence-electron chi connectivity index (χ4n) is 1.55. The number of para-hydroxylation sites is 2. The van der Waals surface area contributed by atoms with Gasteiger partial charge in [0.05, 0.1) is 18.0 Å². The molecule has 17 heavy (non-hydrogen) atoms. The first-order valence-corrected chi connectivity index (χ1v) is 5.56. The van der Waals surface area contributed by atoms with Gasteiger partial charge in [0.15, 0.2) is 0 Å². The molecule has 0 aliphatic rings. The van der Waals surface area contributed by atoms with Crippen LogP contribution in [0.3, 0.4) is 0 Å². The lowest BCUT2D eigenvalue weighted by atomic mass is 10.2. The summed E-state index contributed by atoms with van der Waals surface area (Å²) in [4.78, 5) is 5.68. The lowest BCUT2D eigenvalue weighted by Crippen LogP contribution is -2.17. The third kappa shape index (κ3) is 2.95. The van der Waals surface area contributed by atoms with E-state index in [1.54, 1.807) is 6.08 Å². The Balaban J connectivity index is 2.29. The molecule has 2 aromatic rings. The van der Waals surface area contributed by atoms with Gasteiger partial charge in [-0.05, 0) is 24.3 Å². The molecular weight excluding hydrogens is 210 g/mol. The highest BCUT2D eigenvalue weighted by molar-refractivity contribution is 5.59. The summed E-state index contributed by atoms with van der Waals surface area (Å²) in [7, 11) is 0. The van der Waals surface area contributed by atoms with E-state index in [1.807, 2.05) is 65.7 Å². The topological polar surface area (TPSA) is 12.5 Å². The molecule has 0 spiro atoms. The van der Waals surface area contributed by atoms with E-state index in [0.717, 1.165) is 11.4 Å². The number of nitrogens with zero attached hydrogens (tertiary/aromatic N) is 1. The Hall–Kier alpha value is -2.06. The van der Waals surface area contributed by atoms with E-state index in [9.17, 15) is 0 Å². The average Bonchev–Trinajstić information content (AvgIpc) is 2.42. The maximum atomic E-state index is 5.68. The Kier molecular flexibility index (Phi) is 3.95. The molecule has 0 N–H and O–H groups in total. The Labute approximate surface area is 102 Å². The Morgan fingerprint density at radius 3 is 1.76 bits per heavy atom. The molecule has 0 saturated heterocycles. The molecule has 0 aliphatic heterocycles. The van der Waals surface area contributed by atoms with Crippen LogP contribution in [0.15, 0.2) is 73.3 Å². The molecule has 0 fully saturated rings. The summed E-state index contributed by atoms with van der Waals surface area (Å²) >= 11 is 0. The highest BCUT2D eigenvalue weighted by Crippen LogP contribution is 2.24. The Morgan fingerprint density at radius 2 is 1.35 bits per heavy atom. The van der Waals surface area contributed by atoms with E-state index in [0.29, 0.717) is 6.61 Å². The lowest BCUT2D eigenvalue weighted by molar-refractivity contribution is 0.165. The van der Waals surface area contributed by atoms with Gasteiger partial charge in [0, 0.05) is 0 Å². The summed E-state index contributed by atoms with van der Waals surface area (Å²) in [6, 6.07) is 20.0. The number of rotatable bonds is 5. The van der Waals surface area contributed by atoms with Crippen molar-refractivity contribution in [1.29, 1.82) is 0 Å². The quantitative estimate of drug-likeness (QED) is 0.564. The number of hydrogen-bond acceptors (Lipinski definition) is 2. The SMILES string of the molecule is C=CCON(c1ccccc1)c1ccccc1. The van der Waals surface area contributed by atoms with Crippen LogP contribution in [-0.2, 0) is 4.84 Å². The van der Waals surface area contributed by atoms with Crippen LogP contribution < -0.4 is 5.06 Å². The highest BCUT2D eigenvalue weighted by Gasteiger charge is 2.07. The van der Waals surface area contributed by atoms with Crippen LogP contribution in [0.4, 0.5) is 11.4 Å². The minimum atomic E-state index is 0.476. The number of benzene rings is 2. The summed E-state index contributed by atoms with van der Waals surface area (Å²) in [5, 5.41) is 1.81. The third-order valence-electron chi connectivity index (χ3n) is 2.30. The van der Waals surface area contributed by atoms with Gasteiger partial charge in [0.25, 0.3) is 0 Å². The molecule has 86 valence electrons. The molecule has 2 rings (SSSR count). The first kappa shape index (κ1) is 11.4. The molecule has 0 radical (unpaired) electrons. The van der Waals surface area contributed by atoms with Gasteiger partial charge in [-0.1, -0.05) is 42.5 Å². The first-order valence-electron chi connectivity index (χ1n) is 5.56. The van der Waals surface area contributed by atoms with E-state index >= 15 is 0 Å². The van der Waals surface area contributed by atoms with Gasteiger partial charge in [-0.3, -0.25) is 4.84 Å². The van der Waals surface area contributed by atoms with E-state index in [1.165, 1.54) is 0 Å². The smallest absolute Gasteiger partial charge is 0.0932 e. The zero-order chi connectivity index (χ0) is 11.9. The van der Waals surface area contributed by atoms with Crippen molar-refractivity contribution in [2.24, 2.45) is 0 Å². The van der Waals surface area contributed by atoms with Crippen LogP contribution in [-0.4, -0.2) is 6.61 Å². The van der Waals surface area contributed by atoms with E-state index < -0.39 is 0 Å². The van der Waals surface area contributed by atoms with Crippen molar-refractivity contribution in [3.63, 3.8) is 0 Å². The summed E-state index contributed by atoms with van der Waals surface area (Å²) in [5.74, 6) is 0. The zero-order valence-corrected chi connectivity index (χ0v) is 9.62. The van der Waals surface area contributed by atoms with Crippen LogP contribution >= 0.6 is 0 Å². The normalized spacial score (nSPS) is 9.88. The molecule has 0 aromatic heterocycles. The van der Waals surface area contributed by atoms with Crippen molar-refractivity contribution >= 4 is 11.4 Å². The van der Waals surface area contributed by atoms with Gasteiger partial charge in [-0.25, -0.2) is 5.06 Å². The molecular formula is C15H15NO. The standard InChI is InChI=1S/C15H15NO/c1-2-13-17-16(14-9-5-3-6-10-14)15-11-7-4-8-12-15/h2-12H,1,13H2. The molecule has 0 saturated carbocycles. The Bertz CT molecular complexity index is 413. The van der Waals surface area contributed by atoms with E-state index in [4.69, 9.17) is 4.84 Å². The van der Waals surface area contributed by atoms with Crippen molar-refractivity contribution < 1.29 is 4.84 Å². The van der Waals surface area contributed by atoms with Gasteiger partial charge < -0.3 is 0 Å². The van der Waals surface area contributed by atoms with Gasteiger partial charge >= 0.3 is 0 Å². The van der Waals surface area contributed by atoms with Crippen molar-refractivity contribution in [3.05, 3.63) is 73.3 Å². The van der Waals surface area contributed by atoms with Crippen LogP contribution in [0.1, 0.15) is 0 Å². The van der Waals surface area contributed by atoms with Gasteiger partial charge in [-0.2, -0.15) is 0 Å². The number of hydrogen-bond donors (Lipinski definition) is 0. The lowest BCUT2D eigenvalue weighted by Gasteiger charge is -2.23. The molecule has 0 atom stereocenters. The second-order valence-electron chi connectivity index (χ2n) is 3.55. The molecule has 2 heteroatoms. The Morgan fingerprint density at radius 1 is 0.882 bits per heavy atom. The second-order valence-corrected chi connectivity index (χ2v) is 3.55. The molecule has 2 aromatic carbocycles. The second kappa shape index (κ2) is 5.87. The van der Waals surface area contributed by atoms with Crippen LogP contribution in [0, 0.1) is 0 Å². The third-order valence-corrected chi connectivity index (χ3v) is 2.30. The maximum absolute atomic E-state index is 5.68. The zero-order valence-electron chi connectivity index (χ0n) is 9.62.